The molecule has 2 aliphatic rings. The van der Waals surface area contributed by atoms with Gasteiger partial charge in [-0.3, -0.25) is 0 Å². The van der Waals surface area contributed by atoms with Gasteiger partial charge in [0.15, 0.2) is 12.1 Å². The fourth-order valence-corrected chi connectivity index (χ4v) is 3.21. The summed E-state index contributed by atoms with van der Waals surface area (Å²) in [5.74, 6) is -0.806. The van der Waals surface area contributed by atoms with E-state index in [9.17, 15) is 0 Å². The van der Waals surface area contributed by atoms with Crippen molar-refractivity contribution in [3.63, 3.8) is 0 Å². The highest BCUT2D eigenvalue weighted by molar-refractivity contribution is 5.16. The van der Waals surface area contributed by atoms with Crippen molar-refractivity contribution in [2.45, 2.75) is 50.3 Å². The third-order valence-corrected chi connectivity index (χ3v) is 4.24. The molecule has 5 atom stereocenters. The minimum atomic E-state index is -0.806. The van der Waals surface area contributed by atoms with Gasteiger partial charge in [0.05, 0.1) is 6.61 Å². The largest absolute Gasteiger partial charge is 0.359 e. The number of ether oxygens (including phenoxy) is 6. The molecule has 1 aromatic carbocycles. The van der Waals surface area contributed by atoms with Gasteiger partial charge in [0.25, 0.3) is 0 Å². The summed E-state index contributed by atoms with van der Waals surface area (Å²) >= 11 is 0. The predicted octanol–water partition coefficient (Wildman–Crippen LogP) is 2.80. The van der Waals surface area contributed by atoms with E-state index >= 15 is 0 Å². The van der Waals surface area contributed by atoms with Crippen molar-refractivity contribution >= 4 is 0 Å². The van der Waals surface area contributed by atoms with Gasteiger partial charge in [0.2, 0.25) is 0 Å². The predicted molar refractivity (Wildman–Crippen MR) is 90.8 cm³/mol. The maximum atomic E-state index is 6.24. The molecule has 0 N–H and O–H groups in total. The Morgan fingerprint density at radius 1 is 1.24 bits per heavy atom. The number of benzene rings is 1. The SMILES string of the molecule is C=C[C@H]1OC(C)(C)O[C@@H]2COC(c3ccccc3)O[C@H]2[C@@H]1OCOC. The first-order chi connectivity index (χ1) is 12.0. The summed E-state index contributed by atoms with van der Waals surface area (Å²) in [7, 11) is 1.58. The highest BCUT2D eigenvalue weighted by Crippen LogP contribution is 2.36. The van der Waals surface area contributed by atoms with Crippen LogP contribution < -0.4 is 0 Å². The van der Waals surface area contributed by atoms with Crippen LogP contribution in [0.3, 0.4) is 0 Å². The summed E-state index contributed by atoms with van der Waals surface area (Å²) in [4.78, 5) is 0. The van der Waals surface area contributed by atoms with Gasteiger partial charge in [0, 0.05) is 12.7 Å². The number of fused-ring (bicyclic) bond motifs is 1. The molecule has 0 radical (unpaired) electrons. The second kappa shape index (κ2) is 7.95. The van der Waals surface area contributed by atoms with Crippen molar-refractivity contribution < 1.29 is 28.4 Å². The van der Waals surface area contributed by atoms with Crippen LogP contribution in [-0.2, 0) is 28.4 Å². The Morgan fingerprint density at radius 3 is 2.68 bits per heavy atom. The van der Waals surface area contributed by atoms with E-state index < -0.39 is 24.3 Å². The molecule has 138 valence electrons. The lowest BCUT2D eigenvalue weighted by atomic mass is 10.0. The Morgan fingerprint density at radius 2 is 2.00 bits per heavy atom. The lowest BCUT2D eigenvalue weighted by molar-refractivity contribution is -0.306. The molecule has 0 amide bonds. The third kappa shape index (κ3) is 4.28. The van der Waals surface area contributed by atoms with Crippen LogP contribution in [0.2, 0.25) is 0 Å². The number of methoxy groups -OCH3 is 1. The van der Waals surface area contributed by atoms with E-state index in [1.165, 1.54) is 0 Å². The Kier molecular flexibility index (Phi) is 5.89. The van der Waals surface area contributed by atoms with Crippen molar-refractivity contribution in [3.8, 4) is 0 Å². The van der Waals surface area contributed by atoms with E-state index in [0.29, 0.717) is 6.61 Å². The number of hydrogen-bond acceptors (Lipinski definition) is 6. The van der Waals surface area contributed by atoms with Gasteiger partial charge in [-0.05, 0) is 13.8 Å². The lowest BCUT2D eigenvalue weighted by Crippen LogP contribution is -2.51. The van der Waals surface area contributed by atoms with Crippen molar-refractivity contribution in [2.24, 2.45) is 0 Å². The molecular formula is C19H26O6. The molecule has 2 heterocycles. The zero-order valence-electron chi connectivity index (χ0n) is 14.9. The lowest BCUT2D eigenvalue weighted by Gasteiger charge is -2.39. The van der Waals surface area contributed by atoms with E-state index in [2.05, 4.69) is 6.58 Å². The third-order valence-electron chi connectivity index (χ3n) is 4.24. The molecular weight excluding hydrogens is 324 g/mol. The van der Waals surface area contributed by atoms with Crippen molar-refractivity contribution in [1.29, 1.82) is 0 Å². The summed E-state index contributed by atoms with van der Waals surface area (Å²) in [6, 6.07) is 9.81. The molecule has 1 unspecified atom stereocenters. The average molecular weight is 350 g/mol. The molecule has 0 bridgehead atoms. The van der Waals surface area contributed by atoms with Crippen molar-refractivity contribution in [2.75, 3.05) is 20.5 Å². The molecule has 25 heavy (non-hydrogen) atoms. The minimum absolute atomic E-state index is 0.127. The minimum Gasteiger partial charge on any atom is -0.359 e. The molecule has 3 rings (SSSR count). The zero-order valence-corrected chi connectivity index (χ0v) is 14.9. The maximum absolute atomic E-state index is 6.24. The summed E-state index contributed by atoms with van der Waals surface area (Å²) in [5.41, 5.74) is 0.950. The molecule has 0 aliphatic carbocycles. The average Bonchev–Trinajstić information content (AvgIpc) is 2.72. The van der Waals surface area contributed by atoms with Crippen LogP contribution in [0.4, 0.5) is 0 Å². The van der Waals surface area contributed by atoms with E-state index in [1.54, 1.807) is 13.2 Å². The Balaban J connectivity index is 1.86. The number of rotatable bonds is 5. The standard InChI is InChI=1S/C19H26O6/c1-5-14-16(22-12-20-4)17-15(25-19(2,3)24-14)11-21-18(23-17)13-9-7-6-8-10-13/h5-10,14-18H,1,11-12H2,2-4H3/t14-,15-,16-,17-,18?/m1/s1. The Bertz CT molecular complexity index is 560. The van der Waals surface area contributed by atoms with E-state index in [1.807, 2.05) is 44.2 Å². The van der Waals surface area contributed by atoms with Crippen molar-refractivity contribution in [1.82, 2.24) is 0 Å². The topological polar surface area (TPSA) is 55.4 Å². The highest BCUT2D eigenvalue weighted by atomic mass is 16.8. The van der Waals surface area contributed by atoms with Gasteiger partial charge >= 0.3 is 0 Å². The normalized spacial score (nSPS) is 34.8. The van der Waals surface area contributed by atoms with Gasteiger partial charge in [-0.15, -0.1) is 6.58 Å². The van der Waals surface area contributed by atoms with Crippen LogP contribution in [0, 0.1) is 0 Å². The van der Waals surface area contributed by atoms with Crippen LogP contribution in [-0.4, -0.2) is 50.7 Å². The molecule has 6 heteroatoms. The second-order valence-electron chi connectivity index (χ2n) is 6.59. The van der Waals surface area contributed by atoms with Gasteiger partial charge in [-0.1, -0.05) is 36.4 Å². The monoisotopic (exact) mass is 350 g/mol. The molecule has 1 aromatic rings. The van der Waals surface area contributed by atoms with Crippen LogP contribution in [0.1, 0.15) is 25.7 Å². The molecule has 2 fully saturated rings. The molecule has 6 nitrogen and oxygen atoms in total. The van der Waals surface area contributed by atoms with Crippen LogP contribution in [0.25, 0.3) is 0 Å². The first-order valence-corrected chi connectivity index (χ1v) is 8.45. The van der Waals surface area contributed by atoms with Gasteiger partial charge < -0.3 is 28.4 Å². The maximum Gasteiger partial charge on any atom is 0.184 e. The van der Waals surface area contributed by atoms with E-state index in [0.717, 1.165) is 5.56 Å². The van der Waals surface area contributed by atoms with E-state index in [-0.39, 0.29) is 19.0 Å². The summed E-state index contributed by atoms with van der Waals surface area (Å²) in [6.45, 7) is 8.11. The fourth-order valence-electron chi connectivity index (χ4n) is 3.21. The Hall–Kier alpha value is -1.28. The fraction of sp³-hybridized carbons (Fsp3) is 0.579. The van der Waals surface area contributed by atoms with Gasteiger partial charge in [-0.25, -0.2) is 0 Å². The molecule has 2 aliphatic heterocycles. The Labute approximate surface area is 148 Å². The second-order valence-corrected chi connectivity index (χ2v) is 6.59. The number of hydrogen-bond donors (Lipinski definition) is 0. The van der Waals surface area contributed by atoms with Crippen molar-refractivity contribution in [3.05, 3.63) is 48.6 Å². The van der Waals surface area contributed by atoms with Gasteiger partial charge in [0.1, 0.15) is 31.2 Å². The molecule has 0 aromatic heterocycles. The van der Waals surface area contributed by atoms with Crippen LogP contribution in [0.5, 0.6) is 0 Å². The van der Waals surface area contributed by atoms with Gasteiger partial charge in [-0.2, -0.15) is 0 Å². The van der Waals surface area contributed by atoms with Crippen LogP contribution >= 0.6 is 0 Å². The summed E-state index contributed by atoms with van der Waals surface area (Å²) in [5, 5.41) is 0. The smallest absolute Gasteiger partial charge is 0.184 e. The quantitative estimate of drug-likeness (QED) is 0.601. The van der Waals surface area contributed by atoms with E-state index in [4.69, 9.17) is 28.4 Å². The molecule has 0 saturated carbocycles. The summed E-state index contributed by atoms with van der Waals surface area (Å²) < 4.78 is 35.2. The molecule has 0 spiro atoms. The zero-order chi connectivity index (χ0) is 17.9. The highest BCUT2D eigenvalue weighted by Gasteiger charge is 2.48. The van der Waals surface area contributed by atoms with Crippen LogP contribution in [0.15, 0.2) is 43.0 Å². The first-order valence-electron chi connectivity index (χ1n) is 8.45. The summed E-state index contributed by atoms with van der Waals surface area (Å²) in [6.07, 6.45) is -0.273. The first kappa shape index (κ1) is 18.5. The molecule has 2 saturated heterocycles.